The minimum Gasteiger partial charge on any atom is -0.330 e. The molecule has 1 atom stereocenters. The summed E-state index contributed by atoms with van der Waals surface area (Å²) in [5, 5.41) is 0. The van der Waals surface area contributed by atoms with E-state index in [0.717, 1.165) is 10.0 Å². The van der Waals surface area contributed by atoms with Crippen LogP contribution in [0.3, 0.4) is 0 Å². The van der Waals surface area contributed by atoms with Crippen molar-refractivity contribution >= 4 is 15.9 Å². The highest BCUT2D eigenvalue weighted by atomic mass is 79.9. The Balaban J connectivity index is 2.36. The lowest BCUT2D eigenvalue weighted by molar-refractivity contribution is 0.00301. The van der Waals surface area contributed by atoms with Gasteiger partial charge in [-0.3, -0.25) is 0 Å². The van der Waals surface area contributed by atoms with E-state index in [4.69, 9.17) is 5.73 Å². The fourth-order valence-electron chi connectivity index (χ4n) is 2.45. The van der Waals surface area contributed by atoms with Crippen molar-refractivity contribution in [3.63, 3.8) is 0 Å². The fourth-order valence-corrected chi connectivity index (χ4v) is 2.85. The maximum atomic E-state index is 13.3. The predicted octanol–water partition coefficient (Wildman–Crippen LogP) is 3.46. The first kappa shape index (κ1) is 12.0. The Kier molecular flexibility index (Phi) is 3.05. The Morgan fingerprint density at radius 2 is 2.06 bits per heavy atom. The number of hydrogen-bond acceptors (Lipinski definition) is 1. The SMILES string of the molecule is NCC1(c2cccc(Br)c2)CCC(F)(F)C1. The molecule has 88 valence electrons. The van der Waals surface area contributed by atoms with E-state index < -0.39 is 11.3 Å². The molecule has 0 radical (unpaired) electrons. The number of benzene rings is 1. The molecule has 0 spiro atoms. The molecule has 0 saturated heterocycles. The molecule has 1 aromatic rings. The second-order valence-corrected chi connectivity index (χ2v) is 5.44. The molecule has 4 heteroatoms. The molecule has 16 heavy (non-hydrogen) atoms. The van der Waals surface area contributed by atoms with Crippen LogP contribution in [0.2, 0.25) is 0 Å². The smallest absolute Gasteiger partial charge is 0.249 e. The molecular weight excluding hydrogens is 276 g/mol. The molecule has 1 fully saturated rings. The van der Waals surface area contributed by atoms with Crippen LogP contribution in [-0.4, -0.2) is 12.5 Å². The summed E-state index contributed by atoms with van der Waals surface area (Å²) in [5.41, 5.74) is 6.09. The van der Waals surface area contributed by atoms with E-state index in [9.17, 15) is 8.78 Å². The summed E-state index contributed by atoms with van der Waals surface area (Å²) in [6.45, 7) is 0.277. The summed E-state index contributed by atoms with van der Waals surface area (Å²) < 4.78 is 27.6. The highest BCUT2D eigenvalue weighted by Gasteiger charge is 2.49. The second kappa shape index (κ2) is 4.08. The predicted molar refractivity (Wildman–Crippen MR) is 63.7 cm³/mol. The van der Waals surface area contributed by atoms with E-state index >= 15 is 0 Å². The Labute approximate surface area is 102 Å². The Morgan fingerprint density at radius 3 is 2.56 bits per heavy atom. The molecular formula is C12H14BrF2N. The van der Waals surface area contributed by atoms with Crippen LogP contribution in [0, 0.1) is 0 Å². The quantitative estimate of drug-likeness (QED) is 0.886. The first-order valence-electron chi connectivity index (χ1n) is 5.31. The van der Waals surface area contributed by atoms with Crippen molar-refractivity contribution in [2.75, 3.05) is 6.54 Å². The van der Waals surface area contributed by atoms with E-state index in [2.05, 4.69) is 15.9 Å². The lowest BCUT2D eigenvalue weighted by Gasteiger charge is -2.28. The average molecular weight is 290 g/mol. The fraction of sp³-hybridized carbons (Fsp3) is 0.500. The van der Waals surface area contributed by atoms with Crippen molar-refractivity contribution < 1.29 is 8.78 Å². The van der Waals surface area contributed by atoms with Crippen LogP contribution in [0.15, 0.2) is 28.7 Å². The minimum atomic E-state index is -2.57. The van der Waals surface area contributed by atoms with Crippen molar-refractivity contribution in [3.05, 3.63) is 34.3 Å². The highest BCUT2D eigenvalue weighted by molar-refractivity contribution is 9.10. The van der Waals surface area contributed by atoms with E-state index in [1.807, 2.05) is 24.3 Å². The lowest BCUT2D eigenvalue weighted by atomic mass is 9.79. The zero-order valence-electron chi connectivity index (χ0n) is 8.85. The first-order chi connectivity index (χ1) is 7.47. The van der Waals surface area contributed by atoms with Gasteiger partial charge in [-0.2, -0.15) is 0 Å². The van der Waals surface area contributed by atoms with Crippen LogP contribution < -0.4 is 5.73 Å². The maximum Gasteiger partial charge on any atom is 0.249 e. The molecule has 1 aliphatic rings. The molecule has 0 aromatic heterocycles. The van der Waals surface area contributed by atoms with Crippen LogP contribution >= 0.6 is 15.9 Å². The van der Waals surface area contributed by atoms with E-state index in [1.165, 1.54) is 0 Å². The van der Waals surface area contributed by atoms with Gasteiger partial charge in [0, 0.05) is 29.3 Å². The van der Waals surface area contributed by atoms with Crippen molar-refractivity contribution in [2.45, 2.75) is 30.6 Å². The normalized spacial score (nSPS) is 28.2. The zero-order valence-corrected chi connectivity index (χ0v) is 10.4. The standard InChI is InChI=1S/C12H14BrF2N/c13-10-3-1-2-9(6-10)11(8-16)4-5-12(14,15)7-11/h1-3,6H,4-5,7-8,16H2. The number of nitrogens with two attached hydrogens (primary N) is 1. The summed E-state index contributed by atoms with van der Waals surface area (Å²) >= 11 is 3.36. The van der Waals surface area contributed by atoms with E-state index in [-0.39, 0.29) is 19.4 Å². The number of rotatable bonds is 2. The second-order valence-electron chi connectivity index (χ2n) is 4.53. The number of halogens is 3. The Bertz CT molecular complexity index is 394. The molecule has 1 aliphatic carbocycles. The lowest BCUT2D eigenvalue weighted by Crippen LogP contribution is -2.33. The molecule has 1 aromatic carbocycles. The van der Waals surface area contributed by atoms with Crippen molar-refractivity contribution in [3.8, 4) is 0 Å². The van der Waals surface area contributed by atoms with Crippen LogP contribution in [0.5, 0.6) is 0 Å². The summed E-state index contributed by atoms with van der Waals surface area (Å²) in [6, 6.07) is 7.54. The van der Waals surface area contributed by atoms with Crippen molar-refractivity contribution in [1.29, 1.82) is 0 Å². The molecule has 0 heterocycles. The summed E-state index contributed by atoms with van der Waals surface area (Å²) in [6.07, 6.45) is 0.274. The average Bonchev–Trinajstić information content (AvgIpc) is 2.56. The topological polar surface area (TPSA) is 26.0 Å². The van der Waals surface area contributed by atoms with Gasteiger partial charge in [-0.15, -0.1) is 0 Å². The van der Waals surface area contributed by atoms with Gasteiger partial charge in [0.05, 0.1) is 0 Å². The van der Waals surface area contributed by atoms with Gasteiger partial charge in [0.1, 0.15) is 0 Å². The maximum absolute atomic E-state index is 13.3. The van der Waals surface area contributed by atoms with Crippen LogP contribution in [0.4, 0.5) is 8.78 Å². The zero-order chi connectivity index (χ0) is 11.8. The molecule has 1 nitrogen and oxygen atoms in total. The first-order valence-corrected chi connectivity index (χ1v) is 6.11. The van der Waals surface area contributed by atoms with E-state index in [0.29, 0.717) is 6.42 Å². The van der Waals surface area contributed by atoms with Crippen LogP contribution in [-0.2, 0) is 5.41 Å². The van der Waals surface area contributed by atoms with Crippen molar-refractivity contribution in [2.24, 2.45) is 5.73 Å². The third-order valence-corrected chi connectivity index (χ3v) is 3.89. The summed E-state index contributed by atoms with van der Waals surface area (Å²) in [4.78, 5) is 0. The molecule has 0 aliphatic heterocycles. The molecule has 0 bridgehead atoms. The van der Waals surface area contributed by atoms with Gasteiger partial charge in [0.15, 0.2) is 0 Å². The molecule has 2 N–H and O–H groups in total. The van der Waals surface area contributed by atoms with Gasteiger partial charge in [0.25, 0.3) is 0 Å². The summed E-state index contributed by atoms with van der Waals surface area (Å²) in [7, 11) is 0. The van der Waals surface area contributed by atoms with Crippen molar-refractivity contribution in [1.82, 2.24) is 0 Å². The summed E-state index contributed by atoms with van der Waals surface area (Å²) in [5.74, 6) is -2.57. The highest BCUT2D eigenvalue weighted by Crippen LogP contribution is 2.48. The van der Waals surface area contributed by atoms with Gasteiger partial charge in [-0.25, -0.2) is 8.78 Å². The van der Waals surface area contributed by atoms with Crippen LogP contribution in [0.25, 0.3) is 0 Å². The monoisotopic (exact) mass is 289 g/mol. The Morgan fingerprint density at radius 1 is 1.31 bits per heavy atom. The van der Waals surface area contributed by atoms with Crippen LogP contribution in [0.1, 0.15) is 24.8 Å². The molecule has 2 rings (SSSR count). The minimum absolute atomic E-state index is 0.0588. The third-order valence-electron chi connectivity index (χ3n) is 3.39. The van der Waals surface area contributed by atoms with Gasteiger partial charge < -0.3 is 5.73 Å². The molecule has 1 saturated carbocycles. The van der Waals surface area contributed by atoms with Gasteiger partial charge in [-0.1, -0.05) is 28.1 Å². The number of hydrogen-bond donors (Lipinski definition) is 1. The van der Waals surface area contributed by atoms with E-state index in [1.54, 1.807) is 0 Å². The Hall–Kier alpha value is -0.480. The van der Waals surface area contributed by atoms with Gasteiger partial charge >= 0.3 is 0 Å². The molecule has 0 amide bonds. The third kappa shape index (κ3) is 2.13. The molecule has 1 unspecified atom stereocenters. The largest absolute Gasteiger partial charge is 0.330 e. The van der Waals surface area contributed by atoms with Gasteiger partial charge in [-0.05, 0) is 24.1 Å². The van der Waals surface area contributed by atoms with Gasteiger partial charge in [0.2, 0.25) is 5.92 Å². The number of alkyl halides is 2.